The highest BCUT2D eigenvalue weighted by Gasteiger charge is 2.29. The lowest BCUT2D eigenvalue weighted by atomic mass is 10.0. The van der Waals surface area contributed by atoms with Crippen molar-refractivity contribution in [2.24, 2.45) is 5.92 Å². The summed E-state index contributed by atoms with van der Waals surface area (Å²) in [4.78, 5) is 34.6. The van der Waals surface area contributed by atoms with Gasteiger partial charge in [-0.25, -0.2) is 4.98 Å². The van der Waals surface area contributed by atoms with Crippen LogP contribution in [-0.4, -0.2) is 34.0 Å². The van der Waals surface area contributed by atoms with Gasteiger partial charge >= 0.3 is 0 Å². The summed E-state index contributed by atoms with van der Waals surface area (Å²) in [7, 11) is 1.63. The van der Waals surface area contributed by atoms with Crippen LogP contribution in [0.25, 0.3) is 16.6 Å². The van der Waals surface area contributed by atoms with Gasteiger partial charge in [-0.3, -0.25) is 14.2 Å². The van der Waals surface area contributed by atoms with Crippen molar-refractivity contribution in [1.82, 2.24) is 14.5 Å². The van der Waals surface area contributed by atoms with Gasteiger partial charge in [0.05, 0.1) is 36.2 Å². The van der Waals surface area contributed by atoms with Crippen molar-refractivity contribution in [3.05, 3.63) is 100 Å². The number of hydrogen-bond acceptors (Lipinski definition) is 4. The summed E-state index contributed by atoms with van der Waals surface area (Å²) >= 11 is 0. The first-order chi connectivity index (χ1) is 17.8. The summed E-state index contributed by atoms with van der Waals surface area (Å²) in [5.74, 6) is 1.59. The van der Waals surface area contributed by atoms with Crippen LogP contribution in [0.2, 0.25) is 0 Å². The first-order valence-electron chi connectivity index (χ1n) is 12.8. The van der Waals surface area contributed by atoms with Crippen LogP contribution >= 0.6 is 0 Å². The molecule has 37 heavy (non-hydrogen) atoms. The van der Waals surface area contributed by atoms with Crippen molar-refractivity contribution in [3.63, 3.8) is 0 Å². The van der Waals surface area contributed by atoms with E-state index in [0.29, 0.717) is 29.7 Å². The highest BCUT2D eigenvalue weighted by molar-refractivity contribution is 5.80. The van der Waals surface area contributed by atoms with E-state index in [1.54, 1.807) is 11.7 Å². The lowest BCUT2D eigenvalue weighted by Gasteiger charge is -2.34. The fourth-order valence-corrected chi connectivity index (χ4v) is 4.75. The molecule has 0 saturated carbocycles. The Morgan fingerprint density at radius 3 is 2.41 bits per heavy atom. The zero-order chi connectivity index (χ0) is 26.5. The Labute approximate surface area is 218 Å². The molecule has 1 unspecified atom stereocenters. The predicted molar refractivity (Wildman–Crippen MR) is 148 cm³/mol. The van der Waals surface area contributed by atoms with E-state index in [1.807, 2.05) is 91.5 Å². The molecular formula is C31H35N3O3. The maximum absolute atomic E-state index is 13.9. The van der Waals surface area contributed by atoms with Gasteiger partial charge in [0.15, 0.2) is 0 Å². The molecule has 1 atom stereocenters. The molecule has 0 saturated heterocycles. The number of carbonyl (C=O) groups excluding carboxylic acids is 1. The molecule has 192 valence electrons. The highest BCUT2D eigenvalue weighted by Crippen LogP contribution is 2.28. The number of carbonyl (C=O) groups is 1. The number of benzene rings is 3. The number of fused-ring (bicyclic) bond motifs is 1. The SMILES string of the molecule is CCC(c1nc2ccccc2c(=O)n1-c1cccc(C)c1)N(CC(C)C)C(=O)Cc1ccc(OC)cc1. The Balaban J connectivity index is 1.85. The molecule has 0 aliphatic heterocycles. The molecule has 0 aliphatic carbocycles. The van der Waals surface area contributed by atoms with Crippen molar-refractivity contribution < 1.29 is 9.53 Å². The van der Waals surface area contributed by atoms with Crippen LogP contribution in [0.5, 0.6) is 5.75 Å². The van der Waals surface area contributed by atoms with E-state index >= 15 is 0 Å². The van der Waals surface area contributed by atoms with Gasteiger partial charge in [-0.1, -0.05) is 57.2 Å². The maximum Gasteiger partial charge on any atom is 0.266 e. The Kier molecular flexibility index (Phi) is 8.07. The second kappa shape index (κ2) is 11.4. The first kappa shape index (κ1) is 26.1. The molecule has 0 N–H and O–H groups in total. The van der Waals surface area contributed by atoms with Crippen LogP contribution in [-0.2, 0) is 11.2 Å². The third-order valence-electron chi connectivity index (χ3n) is 6.52. The Morgan fingerprint density at radius 1 is 1.03 bits per heavy atom. The highest BCUT2D eigenvalue weighted by atomic mass is 16.5. The van der Waals surface area contributed by atoms with E-state index < -0.39 is 0 Å². The monoisotopic (exact) mass is 497 g/mol. The second-order valence-electron chi connectivity index (χ2n) is 9.86. The minimum atomic E-state index is -0.369. The molecule has 4 rings (SSSR count). The third-order valence-corrected chi connectivity index (χ3v) is 6.52. The lowest BCUT2D eigenvalue weighted by molar-refractivity contribution is -0.134. The summed E-state index contributed by atoms with van der Waals surface area (Å²) in [6, 6.07) is 22.5. The largest absolute Gasteiger partial charge is 0.497 e. The zero-order valence-corrected chi connectivity index (χ0v) is 22.3. The molecule has 1 heterocycles. The van der Waals surface area contributed by atoms with E-state index in [2.05, 4.69) is 13.8 Å². The number of hydrogen-bond donors (Lipinski definition) is 0. The van der Waals surface area contributed by atoms with Crippen LogP contribution in [0.1, 0.15) is 50.2 Å². The van der Waals surface area contributed by atoms with Gasteiger partial charge in [-0.15, -0.1) is 0 Å². The number of aryl methyl sites for hydroxylation is 1. The van der Waals surface area contributed by atoms with Crippen molar-refractivity contribution in [2.75, 3.05) is 13.7 Å². The lowest BCUT2D eigenvalue weighted by Crippen LogP contribution is -2.41. The molecule has 6 heteroatoms. The van der Waals surface area contributed by atoms with E-state index in [4.69, 9.17) is 9.72 Å². The molecule has 0 aliphatic rings. The van der Waals surface area contributed by atoms with Crippen molar-refractivity contribution >= 4 is 16.8 Å². The Bertz CT molecular complexity index is 1440. The summed E-state index contributed by atoms with van der Waals surface area (Å²) in [6.07, 6.45) is 0.882. The molecular weight excluding hydrogens is 462 g/mol. The van der Waals surface area contributed by atoms with Gasteiger partial charge in [0.1, 0.15) is 11.6 Å². The van der Waals surface area contributed by atoms with Crippen LogP contribution < -0.4 is 10.3 Å². The fourth-order valence-electron chi connectivity index (χ4n) is 4.75. The zero-order valence-electron chi connectivity index (χ0n) is 22.3. The van der Waals surface area contributed by atoms with E-state index in [1.165, 1.54) is 0 Å². The average Bonchev–Trinajstić information content (AvgIpc) is 2.89. The number of rotatable bonds is 9. The quantitative estimate of drug-likeness (QED) is 0.290. The molecule has 0 radical (unpaired) electrons. The van der Waals surface area contributed by atoms with Crippen LogP contribution in [0.4, 0.5) is 0 Å². The standard InChI is InChI=1S/C31H35N3O3/c1-6-28(33(20-21(2)3)29(35)19-23-14-16-25(37-5)17-15-23)30-32-27-13-8-7-12-26(27)31(36)34(30)24-11-9-10-22(4)18-24/h7-18,21,28H,6,19-20H2,1-5H3. The van der Waals surface area contributed by atoms with Gasteiger partial charge in [0, 0.05) is 6.54 Å². The minimum absolute atomic E-state index is 0.00363. The van der Waals surface area contributed by atoms with Crippen LogP contribution in [0.15, 0.2) is 77.6 Å². The normalized spacial score (nSPS) is 12.1. The van der Waals surface area contributed by atoms with Gasteiger partial charge in [-0.2, -0.15) is 0 Å². The summed E-state index contributed by atoms with van der Waals surface area (Å²) < 4.78 is 6.95. The molecule has 6 nitrogen and oxygen atoms in total. The number of aromatic nitrogens is 2. The molecule has 1 aromatic heterocycles. The van der Waals surface area contributed by atoms with Gasteiger partial charge in [0.2, 0.25) is 5.91 Å². The van der Waals surface area contributed by atoms with Crippen molar-refractivity contribution in [3.8, 4) is 11.4 Å². The first-order valence-corrected chi connectivity index (χ1v) is 12.8. The molecule has 0 fully saturated rings. The molecule has 0 spiro atoms. The smallest absolute Gasteiger partial charge is 0.266 e. The Morgan fingerprint density at radius 2 is 1.76 bits per heavy atom. The number of ether oxygens (including phenoxy) is 1. The van der Waals surface area contributed by atoms with Gasteiger partial charge in [-0.05, 0) is 66.8 Å². The maximum atomic E-state index is 13.9. The minimum Gasteiger partial charge on any atom is -0.497 e. The molecule has 0 bridgehead atoms. The summed E-state index contributed by atoms with van der Waals surface area (Å²) in [5.41, 5.74) is 3.22. The summed E-state index contributed by atoms with van der Waals surface area (Å²) in [6.45, 7) is 8.80. The third kappa shape index (κ3) is 5.74. The molecule has 1 amide bonds. The van der Waals surface area contributed by atoms with E-state index in [0.717, 1.165) is 22.6 Å². The van der Waals surface area contributed by atoms with E-state index in [9.17, 15) is 9.59 Å². The average molecular weight is 498 g/mol. The summed E-state index contributed by atoms with van der Waals surface area (Å²) in [5, 5.41) is 0.558. The molecule has 3 aromatic carbocycles. The van der Waals surface area contributed by atoms with Crippen LogP contribution in [0.3, 0.4) is 0 Å². The van der Waals surface area contributed by atoms with Crippen molar-refractivity contribution in [1.29, 1.82) is 0 Å². The molecule has 4 aromatic rings. The number of amides is 1. The number of methoxy groups -OCH3 is 1. The van der Waals surface area contributed by atoms with Crippen molar-refractivity contribution in [2.45, 2.75) is 46.6 Å². The fraction of sp³-hybridized carbons (Fsp3) is 0.323. The number of para-hydroxylation sites is 1. The topological polar surface area (TPSA) is 64.4 Å². The van der Waals surface area contributed by atoms with Gasteiger partial charge in [0.25, 0.3) is 5.56 Å². The van der Waals surface area contributed by atoms with Crippen LogP contribution in [0, 0.1) is 12.8 Å². The predicted octanol–water partition coefficient (Wildman–Crippen LogP) is 5.88. The van der Waals surface area contributed by atoms with E-state index in [-0.39, 0.29) is 29.8 Å². The Hall–Kier alpha value is -3.93. The second-order valence-corrected chi connectivity index (χ2v) is 9.86. The van der Waals surface area contributed by atoms with Gasteiger partial charge < -0.3 is 9.64 Å². The number of nitrogens with zero attached hydrogens (tertiary/aromatic N) is 3.